The Morgan fingerprint density at radius 2 is 1.62 bits per heavy atom. The average molecular weight is 322 g/mol. The number of anilines is 2. The smallest absolute Gasteiger partial charge is 0.163 e. The van der Waals surface area contributed by atoms with Gasteiger partial charge in [-0.25, -0.2) is 0 Å². The molecule has 0 radical (unpaired) electrons. The Hall–Kier alpha value is -2.75. The van der Waals surface area contributed by atoms with Gasteiger partial charge in [-0.05, 0) is 44.5 Å². The summed E-state index contributed by atoms with van der Waals surface area (Å²) in [5.74, 6) is 1.47. The molecule has 3 rings (SSSR count). The van der Waals surface area contributed by atoms with E-state index >= 15 is 0 Å². The average Bonchev–Trinajstić information content (AvgIpc) is 2.58. The molecule has 1 heterocycles. The van der Waals surface area contributed by atoms with Crippen molar-refractivity contribution in [2.24, 2.45) is 0 Å². The molecule has 0 aliphatic rings. The number of para-hydroxylation sites is 1. The maximum Gasteiger partial charge on any atom is 0.163 e. The van der Waals surface area contributed by atoms with Gasteiger partial charge in [0.25, 0.3) is 0 Å². The number of hydrogen-bond acceptors (Lipinski definition) is 4. The van der Waals surface area contributed by atoms with Crippen molar-refractivity contribution in [1.29, 1.82) is 0 Å². The van der Waals surface area contributed by atoms with Crippen LogP contribution in [0.1, 0.15) is 19.4 Å². The SMILES string of the molecule is CCOc1cc2nccc(Nc3ccccc3C)c2cc1OCC. The first-order valence-electron chi connectivity index (χ1n) is 8.24. The molecule has 0 fully saturated rings. The summed E-state index contributed by atoms with van der Waals surface area (Å²) in [6, 6.07) is 14.1. The molecule has 3 aromatic rings. The van der Waals surface area contributed by atoms with Gasteiger partial charge in [-0.2, -0.15) is 0 Å². The van der Waals surface area contributed by atoms with Crippen molar-refractivity contribution in [2.45, 2.75) is 20.8 Å². The molecule has 0 unspecified atom stereocenters. The second kappa shape index (κ2) is 7.21. The number of fused-ring (bicyclic) bond motifs is 1. The highest BCUT2D eigenvalue weighted by molar-refractivity contribution is 5.95. The maximum absolute atomic E-state index is 5.75. The van der Waals surface area contributed by atoms with Gasteiger partial charge in [0.05, 0.1) is 18.7 Å². The molecule has 1 N–H and O–H groups in total. The summed E-state index contributed by atoms with van der Waals surface area (Å²) in [4.78, 5) is 4.47. The Morgan fingerprint density at radius 1 is 0.917 bits per heavy atom. The van der Waals surface area contributed by atoms with E-state index in [9.17, 15) is 0 Å². The molecular weight excluding hydrogens is 300 g/mol. The molecule has 4 heteroatoms. The Balaban J connectivity index is 2.08. The number of nitrogens with one attached hydrogen (secondary N) is 1. The van der Waals surface area contributed by atoms with Crippen molar-refractivity contribution in [1.82, 2.24) is 4.98 Å². The van der Waals surface area contributed by atoms with Crippen molar-refractivity contribution >= 4 is 22.3 Å². The van der Waals surface area contributed by atoms with E-state index in [0.29, 0.717) is 13.2 Å². The van der Waals surface area contributed by atoms with E-state index in [2.05, 4.69) is 29.4 Å². The van der Waals surface area contributed by atoms with E-state index in [-0.39, 0.29) is 0 Å². The number of hydrogen-bond donors (Lipinski definition) is 1. The fourth-order valence-electron chi connectivity index (χ4n) is 2.66. The normalized spacial score (nSPS) is 10.6. The molecule has 2 aromatic carbocycles. The predicted molar refractivity (Wildman–Crippen MR) is 98.5 cm³/mol. The fraction of sp³-hybridized carbons (Fsp3) is 0.250. The van der Waals surface area contributed by atoms with E-state index in [0.717, 1.165) is 33.8 Å². The van der Waals surface area contributed by atoms with Crippen LogP contribution in [0.5, 0.6) is 11.5 Å². The van der Waals surface area contributed by atoms with Gasteiger partial charge in [0, 0.05) is 29.0 Å². The van der Waals surface area contributed by atoms with E-state index in [1.165, 1.54) is 5.56 Å². The summed E-state index contributed by atoms with van der Waals surface area (Å²) in [7, 11) is 0. The Kier molecular flexibility index (Phi) is 4.85. The Bertz CT molecular complexity index is 846. The third kappa shape index (κ3) is 3.27. The largest absolute Gasteiger partial charge is 0.490 e. The van der Waals surface area contributed by atoms with E-state index in [1.807, 2.05) is 44.2 Å². The minimum absolute atomic E-state index is 0.590. The third-order valence-corrected chi connectivity index (χ3v) is 3.82. The molecule has 124 valence electrons. The van der Waals surface area contributed by atoms with Gasteiger partial charge in [0.1, 0.15) is 0 Å². The van der Waals surface area contributed by atoms with Gasteiger partial charge in [-0.15, -0.1) is 0 Å². The third-order valence-electron chi connectivity index (χ3n) is 3.82. The summed E-state index contributed by atoms with van der Waals surface area (Å²) >= 11 is 0. The number of pyridine rings is 1. The summed E-state index contributed by atoms with van der Waals surface area (Å²) < 4.78 is 11.4. The lowest BCUT2D eigenvalue weighted by atomic mass is 10.1. The lowest BCUT2D eigenvalue weighted by Gasteiger charge is -2.15. The minimum atomic E-state index is 0.590. The number of rotatable bonds is 6. The molecule has 24 heavy (non-hydrogen) atoms. The summed E-state index contributed by atoms with van der Waals surface area (Å²) in [5, 5.41) is 4.51. The van der Waals surface area contributed by atoms with Crippen LogP contribution in [0, 0.1) is 6.92 Å². The van der Waals surface area contributed by atoms with Crippen LogP contribution in [0.15, 0.2) is 48.7 Å². The molecule has 4 nitrogen and oxygen atoms in total. The summed E-state index contributed by atoms with van der Waals surface area (Å²) in [6.45, 7) is 7.20. The highest BCUT2D eigenvalue weighted by atomic mass is 16.5. The molecule has 0 saturated heterocycles. The van der Waals surface area contributed by atoms with E-state index in [4.69, 9.17) is 9.47 Å². The first-order chi connectivity index (χ1) is 11.7. The van der Waals surface area contributed by atoms with Crippen molar-refractivity contribution in [3.05, 3.63) is 54.2 Å². The first kappa shape index (κ1) is 16.1. The van der Waals surface area contributed by atoms with Crippen LogP contribution in [-0.4, -0.2) is 18.2 Å². The molecule has 0 saturated carbocycles. The van der Waals surface area contributed by atoms with Crippen molar-refractivity contribution in [3.8, 4) is 11.5 Å². The van der Waals surface area contributed by atoms with Gasteiger partial charge >= 0.3 is 0 Å². The number of aryl methyl sites for hydroxylation is 1. The van der Waals surface area contributed by atoms with Gasteiger partial charge in [0.2, 0.25) is 0 Å². The number of benzene rings is 2. The van der Waals surface area contributed by atoms with Gasteiger partial charge in [-0.3, -0.25) is 4.98 Å². The fourth-order valence-corrected chi connectivity index (χ4v) is 2.66. The maximum atomic E-state index is 5.75. The van der Waals surface area contributed by atoms with Crippen molar-refractivity contribution < 1.29 is 9.47 Å². The van der Waals surface area contributed by atoms with Crippen LogP contribution < -0.4 is 14.8 Å². The van der Waals surface area contributed by atoms with Crippen LogP contribution in [0.25, 0.3) is 10.9 Å². The molecule has 0 bridgehead atoms. The molecule has 0 spiro atoms. The highest BCUT2D eigenvalue weighted by Crippen LogP contribution is 2.36. The first-order valence-corrected chi connectivity index (χ1v) is 8.24. The van der Waals surface area contributed by atoms with Crippen LogP contribution in [0.3, 0.4) is 0 Å². The lowest BCUT2D eigenvalue weighted by Crippen LogP contribution is -2.00. The van der Waals surface area contributed by atoms with Crippen molar-refractivity contribution in [2.75, 3.05) is 18.5 Å². The summed E-state index contributed by atoms with van der Waals surface area (Å²) in [5.41, 5.74) is 4.15. The van der Waals surface area contributed by atoms with Gasteiger partial charge < -0.3 is 14.8 Å². The zero-order valence-corrected chi connectivity index (χ0v) is 14.3. The Labute approximate surface area is 142 Å². The monoisotopic (exact) mass is 322 g/mol. The topological polar surface area (TPSA) is 43.4 Å². The van der Waals surface area contributed by atoms with Crippen LogP contribution in [0.4, 0.5) is 11.4 Å². The van der Waals surface area contributed by atoms with Gasteiger partial charge in [-0.1, -0.05) is 18.2 Å². The number of aromatic nitrogens is 1. The van der Waals surface area contributed by atoms with Crippen molar-refractivity contribution in [3.63, 3.8) is 0 Å². The second-order valence-corrected chi connectivity index (χ2v) is 5.48. The quantitative estimate of drug-likeness (QED) is 0.687. The molecular formula is C20H22N2O2. The minimum Gasteiger partial charge on any atom is -0.490 e. The molecule has 0 aliphatic carbocycles. The molecule has 1 aromatic heterocycles. The molecule has 0 atom stereocenters. The molecule has 0 aliphatic heterocycles. The lowest BCUT2D eigenvalue weighted by molar-refractivity contribution is 0.288. The van der Waals surface area contributed by atoms with E-state index < -0.39 is 0 Å². The standard InChI is InChI=1S/C20H22N2O2/c1-4-23-19-12-15-17(22-16-9-7-6-8-14(16)3)10-11-21-18(15)13-20(19)24-5-2/h6-13H,4-5H2,1-3H3,(H,21,22). The van der Waals surface area contributed by atoms with Crippen LogP contribution in [0.2, 0.25) is 0 Å². The zero-order valence-electron chi connectivity index (χ0n) is 14.3. The highest BCUT2D eigenvalue weighted by Gasteiger charge is 2.11. The predicted octanol–water partition coefficient (Wildman–Crippen LogP) is 5.08. The van der Waals surface area contributed by atoms with Crippen LogP contribution in [-0.2, 0) is 0 Å². The second-order valence-electron chi connectivity index (χ2n) is 5.48. The van der Waals surface area contributed by atoms with Gasteiger partial charge in [0.15, 0.2) is 11.5 Å². The number of nitrogens with zero attached hydrogens (tertiary/aromatic N) is 1. The summed E-state index contributed by atoms with van der Waals surface area (Å²) in [6.07, 6.45) is 1.80. The van der Waals surface area contributed by atoms with E-state index in [1.54, 1.807) is 6.20 Å². The van der Waals surface area contributed by atoms with Crippen LogP contribution >= 0.6 is 0 Å². The number of ether oxygens (including phenoxy) is 2. The zero-order chi connectivity index (χ0) is 16.9. The molecule has 0 amide bonds. The Morgan fingerprint density at radius 3 is 2.33 bits per heavy atom.